The van der Waals surface area contributed by atoms with E-state index in [1.54, 1.807) is 0 Å². The van der Waals surface area contributed by atoms with E-state index >= 15 is 0 Å². The maximum absolute atomic E-state index is 6.14. The van der Waals surface area contributed by atoms with E-state index in [0.717, 1.165) is 78.2 Å². The van der Waals surface area contributed by atoms with Crippen LogP contribution in [0.3, 0.4) is 0 Å². The number of nitrogens with zero attached hydrogens (tertiary/aromatic N) is 4. The summed E-state index contributed by atoms with van der Waals surface area (Å²) in [7, 11) is 0. The highest BCUT2D eigenvalue weighted by molar-refractivity contribution is 7.25. The summed E-state index contributed by atoms with van der Waals surface area (Å²) in [4.78, 5) is 10.7. The van der Waals surface area contributed by atoms with Crippen LogP contribution in [0, 0.1) is 0 Å². The van der Waals surface area contributed by atoms with Crippen LogP contribution in [-0.4, -0.2) is 19.1 Å². The molecule has 0 radical (unpaired) electrons. The number of hydrogen-bond acceptors (Lipinski definition) is 4. The van der Waals surface area contributed by atoms with Crippen molar-refractivity contribution in [1.82, 2.24) is 19.1 Å². The number of hydrogen-bond donors (Lipinski definition) is 0. The second-order valence-corrected chi connectivity index (χ2v) is 16.0. The van der Waals surface area contributed by atoms with Gasteiger partial charge in [0.15, 0.2) is 0 Å². The number of fused-ring (bicyclic) bond motifs is 13. The van der Waals surface area contributed by atoms with Crippen LogP contribution in [0.5, 0.6) is 0 Å². The molecule has 6 aromatic heterocycles. The third-order valence-electron chi connectivity index (χ3n) is 11.7. The first-order chi connectivity index (χ1) is 28.7. The molecular weight excluding hydrogens is 729 g/mol. The zero-order valence-electron chi connectivity index (χ0n) is 30.9. The predicted octanol–water partition coefficient (Wildman–Crippen LogP) is 14.3. The van der Waals surface area contributed by atoms with Crippen molar-refractivity contribution in [1.29, 1.82) is 0 Å². The summed E-state index contributed by atoms with van der Waals surface area (Å²) in [5.74, 6) is 1.76. The van der Waals surface area contributed by atoms with Crippen molar-refractivity contribution in [2.24, 2.45) is 0 Å². The maximum atomic E-state index is 6.14. The molecule has 0 saturated carbocycles. The molecule has 0 fully saturated rings. The highest BCUT2D eigenvalue weighted by atomic mass is 32.1. The smallest absolute Gasteiger partial charge is 0.138 e. The Morgan fingerprint density at radius 2 is 0.879 bits per heavy atom. The van der Waals surface area contributed by atoms with Gasteiger partial charge >= 0.3 is 0 Å². The first kappa shape index (κ1) is 31.6. The number of thiophene rings is 1. The minimum atomic E-state index is 0.869. The summed E-state index contributed by atoms with van der Waals surface area (Å²) in [6.45, 7) is 0. The molecular formula is C52H30N4OS. The Balaban J connectivity index is 1.00. The second-order valence-electron chi connectivity index (χ2n) is 14.9. The van der Waals surface area contributed by atoms with Crippen LogP contribution in [-0.2, 0) is 0 Å². The zero-order valence-corrected chi connectivity index (χ0v) is 31.7. The lowest BCUT2D eigenvalue weighted by Gasteiger charge is -2.11. The average molecular weight is 759 g/mol. The fourth-order valence-electron chi connectivity index (χ4n) is 9.20. The quantitative estimate of drug-likeness (QED) is 0.180. The van der Waals surface area contributed by atoms with Gasteiger partial charge in [-0.15, -0.1) is 11.3 Å². The number of pyridine rings is 2. The normalized spacial score (nSPS) is 12.1. The Morgan fingerprint density at radius 1 is 0.362 bits per heavy atom. The van der Waals surface area contributed by atoms with Crippen LogP contribution < -0.4 is 0 Å². The van der Waals surface area contributed by atoms with Gasteiger partial charge in [-0.05, 0) is 91.0 Å². The van der Waals surface area contributed by atoms with Gasteiger partial charge in [-0.1, -0.05) is 91.0 Å². The van der Waals surface area contributed by atoms with Crippen molar-refractivity contribution in [2.75, 3.05) is 0 Å². The van der Waals surface area contributed by atoms with Crippen LogP contribution in [0.2, 0.25) is 0 Å². The van der Waals surface area contributed by atoms with Crippen molar-refractivity contribution < 1.29 is 4.42 Å². The van der Waals surface area contributed by atoms with Gasteiger partial charge in [-0.25, -0.2) is 9.97 Å². The molecule has 0 atom stereocenters. The van der Waals surface area contributed by atoms with Gasteiger partial charge in [0.1, 0.15) is 22.8 Å². The van der Waals surface area contributed by atoms with Crippen LogP contribution in [0.25, 0.3) is 120 Å². The fraction of sp³-hybridized carbons (Fsp3) is 0. The summed E-state index contributed by atoms with van der Waals surface area (Å²) >= 11 is 1.84. The minimum Gasteiger partial charge on any atom is -0.456 e. The lowest BCUT2D eigenvalue weighted by atomic mass is 10.1. The second kappa shape index (κ2) is 12.0. The number of rotatable bonds is 4. The molecule has 13 rings (SSSR count). The van der Waals surface area contributed by atoms with Crippen LogP contribution in [0.4, 0.5) is 0 Å². The maximum Gasteiger partial charge on any atom is 0.138 e. The van der Waals surface area contributed by atoms with Gasteiger partial charge in [0.25, 0.3) is 0 Å². The molecule has 0 aliphatic rings. The highest BCUT2D eigenvalue weighted by Crippen LogP contribution is 2.43. The zero-order chi connectivity index (χ0) is 37.9. The van der Waals surface area contributed by atoms with Crippen LogP contribution in [0.15, 0.2) is 186 Å². The van der Waals surface area contributed by atoms with Crippen LogP contribution >= 0.6 is 11.3 Å². The molecule has 58 heavy (non-hydrogen) atoms. The molecule has 6 heteroatoms. The van der Waals surface area contributed by atoms with Crippen molar-refractivity contribution in [3.8, 4) is 34.2 Å². The SMILES string of the molecule is c1cc(-c2ccc3oc4ccccc4c3c2)nc(-n2c3ccccc3c3c4c5ccccc5n(-c5cccc(-c6ccc7sc8ccccc8c7c6)n5)c4ccc32)c1. The lowest BCUT2D eigenvalue weighted by molar-refractivity contribution is 0.669. The standard InChI is InChI=1S/C52H30N4OS/c1-5-17-41-35(13-1)51-43(55(41)49-21-9-15-39(53-49)31-23-27-46-37(29-31)33-11-3-7-19-45(33)57-46)25-26-44-52(51)36-14-2-6-18-42(36)56(44)50-22-10-16-40(54-50)32-24-28-48-38(30-32)34-12-4-8-20-47(34)58-48/h1-30H. The van der Waals surface area contributed by atoms with Crippen molar-refractivity contribution in [3.05, 3.63) is 182 Å². The molecule has 0 spiro atoms. The van der Waals surface area contributed by atoms with E-state index in [1.165, 1.54) is 41.7 Å². The summed E-state index contributed by atoms with van der Waals surface area (Å²) in [5.41, 5.74) is 10.2. The Labute approximate surface area is 335 Å². The van der Waals surface area contributed by atoms with E-state index in [-0.39, 0.29) is 0 Å². The largest absolute Gasteiger partial charge is 0.456 e. The van der Waals surface area contributed by atoms with Gasteiger partial charge < -0.3 is 4.42 Å². The topological polar surface area (TPSA) is 48.8 Å². The highest BCUT2D eigenvalue weighted by Gasteiger charge is 2.22. The van der Waals surface area contributed by atoms with E-state index in [2.05, 4.69) is 179 Å². The third kappa shape index (κ3) is 4.52. The molecule has 0 aliphatic carbocycles. The number of para-hydroxylation sites is 3. The Kier molecular flexibility index (Phi) is 6.54. The number of benzene rings is 7. The first-order valence-electron chi connectivity index (χ1n) is 19.5. The third-order valence-corrected chi connectivity index (χ3v) is 12.9. The molecule has 0 unspecified atom stereocenters. The van der Waals surface area contributed by atoms with E-state index < -0.39 is 0 Å². The van der Waals surface area contributed by atoms with Gasteiger partial charge in [0.2, 0.25) is 0 Å². The van der Waals surface area contributed by atoms with E-state index in [1.807, 2.05) is 23.5 Å². The monoisotopic (exact) mass is 758 g/mol. The number of aromatic nitrogens is 4. The molecule has 6 heterocycles. The molecule has 0 bridgehead atoms. The van der Waals surface area contributed by atoms with Crippen LogP contribution in [0.1, 0.15) is 0 Å². The Hall–Kier alpha value is -7.54. The van der Waals surface area contributed by atoms with Crippen molar-refractivity contribution in [3.63, 3.8) is 0 Å². The average Bonchev–Trinajstić information content (AvgIpc) is 4.03. The van der Waals surface area contributed by atoms with Gasteiger partial charge in [0, 0.05) is 63.6 Å². The van der Waals surface area contributed by atoms with E-state index in [9.17, 15) is 0 Å². The Bertz CT molecular complexity index is 3580. The predicted molar refractivity (Wildman–Crippen MR) is 242 cm³/mol. The summed E-state index contributed by atoms with van der Waals surface area (Å²) < 4.78 is 13.4. The summed E-state index contributed by atoms with van der Waals surface area (Å²) in [6, 6.07) is 64.6. The van der Waals surface area contributed by atoms with Gasteiger partial charge in [-0.3, -0.25) is 9.13 Å². The molecule has 270 valence electrons. The summed E-state index contributed by atoms with van der Waals surface area (Å²) in [5, 5.41) is 9.53. The van der Waals surface area contributed by atoms with E-state index in [4.69, 9.17) is 14.4 Å². The molecule has 0 N–H and O–H groups in total. The number of furan rings is 1. The molecule has 5 nitrogen and oxygen atoms in total. The van der Waals surface area contributed by atoms with Crippen molar-refractivity contribution >= 4 is 97.1 Å². The van der Waals surface area contributed by atoms with Crippen molar-refractivity contribution in [2.45, 2.75) is 0 Å². The minimum absolute atomic E-state index is 0.869. The first-order valence-corrected chi connectivity index (χ1v) is 20.3. The fourth-order valence-corrected chi connectivity index (χ4v) is 10.3. The molecule has 0 aliphatic heterocycles. The van der Waals surface area contributed by atoms with Gasteiger partial charge in [-0.2, -0.15) is 0 Å². The molecule has 0 saturated heterocycles. The molecule has 7 aromatic carbocycles. The lowest BCUT2D eigenvalue weighted by Crippen LogP contribution is -1.99. The van der Waals surface area contributed by atoms with Gasteiger partial charge in [0.05, 0.1) is 33.5 Å². The molecule has 13 aromatic rings. The van der Waals surface area contributed by atoms with E-state index in [0.29, 0.717) is 0 Å². The Morgan fingerprint density at radius 3 is 1.55 bits per heavy atom. The molecule has 0 amide bonds. The summed E-state index contributed by atoms with van der Waals surface area (Å²) in [6.07, 6.45) is 0.